The van der Waals surface area contributed by atoms with Crippen LogP contribution in [0.4, 0.5) is 5.69 Å². The van der Waals surface area contributed by atoms with E-state index in [4.69, 9.17) is 9.73 Å². The first-order valence-corrected chi connectivity index (χ1v) is 14.7. The molecule has 6 aliphatic rings. The van der Waals surface area contributed by atoms with Gasteiger partial charge in [-0.25, -0.2) is 0 Å². The number of amides is 1. The van der Waals surface area contributed by atoms with E-state index in [2.05, 4.69) is 10.2 Å². The fourth-order valence-electron chi connectivity index (χ4n) is 7.60. The van der Waals surface area contributed by atoms with Crippen LogP contribution in [0, 0.1) is 17.8 Å². The SMILES string of the molecule is Cl.O=C(CC1CS/C(=N\C23CC4CC(CC(C4)C2)C3)N1C1CC1)Nc1ccc(Oc2ccccc2)cc1. The molecular formula is C30H36ClN3O2S. The van der Waals surface area contributed by atoms with E-state index in [-0.39, 0.29) is 29.9 Å². The minimum absolute atomic E-state index is 0. The molecule has 4 bridgehead atoms. The third kappa shape index (κ3) is 5.37. The lowest BCUT2D eigenvalue weighted by Gasteiger charge is -2.55. The predicted octanol–water partition coefficient (Wildman–Crippen LogP) is 7.13. The summed E-state index contributed by atoms with van der Waals surface area (Å²) in [5.41, 5.74) is 1.01. The van der Waals surface area contributed by atoms with E-state index in [1.807, 2.05) is 66.4 Å². The number of halogens is 1. The van der Waals surface area contributed by atoms with E-state index >= 15 is 0 Å². The summed E-state index contributed by atoms with van der Waals surface area (Å²) in [4.78, 5) is 21.1. The number of benzene rings is 2. The van der Waals surface area contributed by atoms with Crippen LogP contribution in [0.5, 0.6) is 11.5 Å². The van der Waals surface area contributed by atoms with Crippen molar-refractivity contribution in [3.8, 4) is 11.5 Å². The molecule has 5 saturated carbocycles. The number of rotatable bonds is 7. The second kappa shape index (κ2) is 10.2. The number of aliphatic imine (C=N–C) groups is 1. The molecule has 0 radical (unpaired) electrons. The van der Waals surface area contributed by atoms with E-state index < -0.39 is 0 Å². The van der Waals surface area contributed by atoms with Crippen molar-refractivity contribution in [1.29, 1.82) is 0 Å². The second-order valence-electron chi connectivity index (χ2n) is 11.8. The van der Waals surface area contributed by atoms with Crippen molar-refractivity contribution in [2.75, 3.05) is 11.1 Å². The van der Waals surface area contributed by atoms with Gasteiger partial charge in [-0.2, -0.15) is 0 Å². The van der Waals surface area contributed by atoms with Crippen LogP contribution in [0.2, 0.25) is 0 Å². The van der Waals surface area contributed by atoms with Gasteiger partial charge in [-0.1, -0.05) is 30.0 Å². The van der Waals surface area contributed by atoms with Gasteiger partial charge in [0.2, 0.25) is 5.91 Å². The summed E-state index contributed by atoms with van der Waals surface area (Å²) in [6, 6.07) is 18.2. The molecule has 8 rings (SSSR count). The molecule has 0 spiro atoms. The fraction of sp³-hybridized carbons (Fsp3) is 0.533. The first-order chi connectivity index (χ1) is 17.6. The highest BCUT2D eigenvalue weighted by Crippen LogP contribution is 2.57. The van der Waals surface area contributed by atoms with E-state index in [0.717, 1.165) is 40.7 Å². The highest BCUT2D eigenvalue weighted by Gasteiger charge is 2.52. The highest BCUT2D eigenvalue weighted by atomic mass is 35.5. The molecule has 5 aliphatic carbocycles. The van der Waals surface area contributed by atoms with Crippen molar-refractivity contribution in [3.05, 3.63) is 54.6 Å². The van der Waals surface area contributed by atoms with Crippen LogP contribution in [0.3, 0.4) is 0 Å². The standard InChI is InChI=1S/C30H35N3O2S.ClH/c34-28(31-23-6-10-27(11-7-23)35-26-4-2-1-3-5-26)15-25-19-36-29(33(25)24-8-9-24)32-30-16-20-12-21(17-30)14-22(13-20)18-30;/h1-7,10-11,20-22,24-25H,8-9,12-19H2,(H,31,34);1H/b32-29-;. The molecule has 1 aliphatic heterocycles. The van der Waals surface area contributed by atoms with Crippen LogP contribution in [0.25, 0.3) is 0 Å². The van der Waals surface area contributed by atoms with Gasteiger partial charge in [0.25, 0.3) is 0 Å². The van der Waals surface area contributed by atoms with Gasteiger partial charge < -0.3 is 15.0 Å². The second-order valence-corrected chi connectivity index (χ2v) is 12.8. The predicted molar refractivity (Wildman–Crippen MR) is 153 cm³/mol. The third-order valence-electron chi connectivity index (χ3n) is 8.84. The number of amidine groups is 1. The fourth-order valence-corrected chi connectivity index (χ4v) is 8.92. The Morgan fingerprint density at radius 1 is 0.946 bits per heavy atom. The Morgan fingerprint density at radius 3 is 2.19 bits per heavy atom. The van der Waals surface area contributed by atoms with Gasteiger partial charge in [0.05, 0.1) is 5.54 Å². The van der Waals surface area contributed by atoms with Gasteiger partial charge in [-0.3, -0.25) is 9.79 Å². The Morgan fingerprint density at radius 2 is 1.57 bits per heavy atom. The summed E-state index contributed by atoms with van der Waals surface area (Å²) in [6.45, 7) is 0. The van der Waals surface area contributed by atoms with Crippen LogP contribution in [0.15, 0.2) is 59.6 Å². The number of hydrogen-bond acceptors (Lipinski definition) is 4. The number of nitrogens with one attached hydrogen (secondary N) is 1. The average molecular weight is 538 g/mol. The lowest BCUT2D eigenvalue weighted by atomic mass is 9.53. The van der Waals surface area contributed by atoms with Crippen LogP contribution in [-0.4, -0.2) is 39.4 Å². The minimum Gasteiger partial charge on any atom is -0.457 e. The quantitative estimate of drug-likeness (QED) is 0.408. The zero-order valence-corrected chi connectivity index (χ0v) is 22.8. The Bertz CT molecular complexity index is 1120. The number of anilines is 1. The Kier molecular flexibility index (Phi) is 6.91. The van der Waals surface area contributed by atoms with Gasteiger partial charge >= 0.3 is 0 Å². The molecular weight excluding hydrogens is 502 g/mol. The van der Waals surface area contributed by atoms with Gasteiger partial charge in [0, 0.05) is 29.9 Å². The van der Waals surface area contributed by atoms with E-state index in [1.54, 1.807) is 0 Å². The maximum absolute atomic E-state index is 13.0. The molecule has 2 aromatic rings. The van der Waals surface area contributed by atoms with Crippen molar-refractivity contribution in [2.45, 2.75) is 75.4 Å². The minimum atomic E-state index is 0. The van der Waals surface area contributed by atoms with E-state index in [9.17, 15) is 4.79 Å². The van der Waals surface area contributed by atoms with Gasteiger partial charge in [-0.15, -0.1) is 12.4 Å². The zero-order valence-electron chi connectivity index (χ0n) is 21.2. The summed E-state index contributed by atoms with van der Waals surface area (Å²) < 4.78 is 5.87. The number of carbonyl (C=O) groups excluding carboxylic acids is 1. The Balaban J connectivity index is 0.00000252. The summed E-state index contributed by atoms with van der Waals surface area (Å²) in [5.74, 6) is 5.35. The molecule has 1 heterocycles. The number of hydrogen-bond donors (Lipinski definition) is 1. The van der Waals surface area contributed by atoms with Gasteiger partial charge in [0.1, 0.15) is 11.5 Å². The molecule has 1 amide bonds. The Labute approximate surface area is 230 Å². The summed E-state index contributed by atoms with van der Waals surface area (Å²) in [6.07, 6.45) is 11.3. The summed E-state index contributed by atoms with van der Waals surface area (Å²) >= 11 is 1.91. The molecule has 7 heteroatoms. The van der Waals surface area contributed by atoms with E-state index in [1.165, 1.54) is 56.5 Å². The van der Waals surface area contributed by atoms with E-state index in [0.29, 0.717) is 12.5 Å². The first-order valence-electron chi connectivity index (χ1n) is 13.7. The van der Waals surface area contributed by atoms with Crippen LogP contribution in [-0.2, 0) is 4.79 Å². The van der Waals surface area contributed by atoms with Gasteiger partial charge in [-0.05, 0) is 106 Å². The van der Waals surface area contributed by atoms with Crippen molar-refractivity contribution in [3.63, 3.8) is 0 Å². The number of para-hydroxylation sites is 1. The Hall–Kier alpha value is -2.18. The number of nitrogens with zero attached hydrogens (tertiary/aromatic N) is 2. The lowest BCUT2D eigenvalue weighted by Crippen LogP contribution is -2.50. The largest absolute Gasteiger partial charge is 0.457 e. The van der Waals surface area contributed by atoms with Crippen LogP contribution in [0.1, 0.15) is 57.8 Å². The maximum Gasteiger partial charge on any atom is 0.226 e. The molecule has 37 heavy (non-hydrogen) atoms. The number of thioether (sulfide) groups is 1. The van der Waals surface area contributed by atoms with Gasteiger partial charge in [0.15, 0.2) is 5.17 Å². The smallest absolute Gasteiger partial charge is 0.226 e. The molecule has 2 aromatic carbocycles. The van der Waals surface area contributed by atoms with Crippen molar-refractivity contribution >= 4 is 40.9 Å². The lowest BCUT2D eigenvalue weighted by molar-refractivity contribution is -0.116. The molecule has 1 N–H and O–H groups in total. The number of ether oxygens (including phenoxy) is 1. The summed E-state index contributed by atoms with van der Waals surface area (Å²) in [7, 11) is 0. The molecule has 196 valence electrons. The highest BCUT2D eigenvalue weighted by molar-refractivity contribution is 8.14. The van der Waals surface area contributed by atoms with Crippen molar-refractivity contribution < 1.29 is 9.53 Å². The molecule has 1 unspecified atom stereocenters. The molecule has 5 nitrogen and oxygen atoms in total. The molecule has 1 atom stereocenters. The zero-order chi connectivity index (χ0) is 24.1. The monoisotopic (exact) mass is 537 g/mol. The summed E-state index contributed by atoms with van der Waals surface area (Å²) in [5, 5.41) is 4.36. The topological polar surface area (TPSA) is 53.9 Å². The third-order valence-corrected chi connectivity index (χ3v) is 9.95. The van der Waals surface area contributed by atoms with Crippen LogP contribution >= 0.6 is 24.2 Å². The molecule has 0 aromatic heterocycles. The van der Waals surface area contributed by atoms with Crippen molar-refractivity contribution in [2.24, 2.45) is 22.7 Å². The molecule has 1 saturated heterocycles. The molecule has 6 fully saturated rings. The maximum atomic E-state index is 13.0. The average Bonchev–Trinajstić information content (AvgIpc) is 3.62. The number of carbonyl (C=O) groups is 1. The first kappa shape index (κ1) is 25.1. The van der Waals surface area contributed by atoms with Crippen LogP contribution < -0.4 is 10.1 Å². The normalized spacial score (nSPS) is 32.9. The van der Waals surface area contributed by atoms with Crippen molar-refractivity contribution in [1.82, 2.24) is 4.90 Å².